The van der Waals surface area contributed by atoms with Gasteiger partial charge in [0, 0.05) is 81.9 Å². The molecule has 6 aromatic heterocycles. The van der Waals surface area contributed by atoms with Gasteiger partial charge in [-0.3, -0.25) is 0 Å². The van der Waals surface area contributed by atoms with E-state index in [1.807, 2.05) is 78.9 Å². The lowest BCUT2D eigenvalue weighted by Crippen LogP contribution is -1.96. The van der Waals surface area contributed by atoms with E-state index in [1.165, 1.54) is 32.3 Å². The van der Waals surface area contributed by atoms with Gasteiger partial charge in [0.1, 0.15) is 33.5 Å². The Labute approximate surface area is 716 Å². The van der Waals surface area contributed by atoms with Crippen LogP contribution in [0.5, 0.6) is 0 Å². The number of para-hydroxylation sites is 5. The highest BCUT2D eigenvalue weighted by atomic mass is 16.3. The molecule has 125 heavy (non-hydrogen) atoms. The minimum Gasteiger partial charge on any atom is -0.456 e. The minimum atomic E-state index is 0.716. The molecule has 0 bridgehead atoms. The Balaban J connectivity index is 0.000000105. The maximum atomic E-state index is 6.18. The summed E-state index contributed by atoms with van der Waals surface area (Å²) in [5, 5.41) is 21.8. The van der Waals surface area contributed by atoms with Crippen molar-refractivity contribution in [2.75, 3.05) is 0 Å². The van der Waals surface area contributed by atoms with E-state index in [0.29, 0.717) is 11.6 Å². The van der Waals surface area contributed by atoms with Crippen molar-refractivity contribution < 1.29 is 13.3 Å². The molecule has 0 unspecified atom stereocenters. The van der Waals surface area contributed by atoms with Gasteiger partial charge in [-0.05, 0) is 196 Å². The van der Waals surface area contributed by atoms with Crippen molar-refractivity contribution in [3.8, 4) is 101 Å². The molecule has 26 rings (SSSR count). The summed E-state index contributed by atoms with van der Waals surface area (Å²) >= 11 is 0. The second kappa shape index (κ2) is 30.1. The topological polar surface area (TPSA) is 117 Å². The minimum absolute atomic E-state index is 0.716. The summed E-state index contributed by atoms with van der Waals surface area (Å²) in [5.74, 6) is 2.15. The van der Waals surface area contributed by atoms with Crippen LogP contribution in [0.4, 0.5) is 0 Å². The van der Waals surface area contributed by atoms with Crippen LogP contribution in [-0.4, -0.2) is 29.9 Å². The number of benzene rings is 20. The highest BCUT2D eigenvalue weighted by molar-refractivity contribution is 6.16. The van der Waals surface area contributed by atoms with Gasteiger partial charge in [-0.15, -0.1) is 0 Å². The SMILES string of the molecule is c1cc(-c2ccc3cc4c(cc3c2)oc2ccccc24)cc(-c2nc(-c3cccc4ccccc34)c3ccccc3n2)c1.c1ccc(-c2nc(-c3cccc(-c4ccc5cc6c(cc5c4)oc4ccccc46)c3)nc3ccc4ccccc4c23)cc1.c1ccc(-c2nc(-c3cccc(-c4ccc5cc6c(cc5c4)oc4ccccc46)c3)nc3ccccc23)cc1. The van der Waals surface area contributed by atoms with Crippen LogP contribution in [0.15, 0.2) is 438 Å². The number of nitrogens with zero attached hydrogens (tertiary/aromatic N) is 6. The standard InChI is InChI=1S/2C40H24N2O.C36H22N2O/c1-2-13-31-25(9-1)10-8-16-33(31)39-34-15-3-5-17-36(34)41-40(42-39)29-12-7-11-26(21-29)27-19-20-28-23-35-32-14-4-6-18-37(32)43-38(35)24-30(28)22-27;1-2-10-26(11-3-1)39-38-32-14-5-4-9-25(32)19-20-35(38)41-40(42-39)30-13-8-12-27(21-30)28-17-18-29-23-34-33-15-6-7-16-36(33)43-37(34)24-31(29)22-28;1-2-9-23(10-3-1)35-30-14-4-6-15-32(30)37-36(38-35)27-12-8-11-24(19-27)25-17-18-26-21-31-29-13-5-7-16-33(29)39-34(31)22-28(26)20-25/h2*1-24H;1-22H. The molecule has 0 aliphatic heterocycles. The molecule has 0 radical (unpaired) electrons. The second-order valence-electron chi connectivity index (χ2n) is 31.9. The zero-order valence-corrected chi connectivity index (χ0v) is 67.3. The van der Waals surface area contributed by atoms with Crippen LogP contribution in [0, 0.1) is 0 Å². The average molecular weight is 1600 g/mol. The van der Waals surface area contributed by atoms with E-state index >= 15 is 0 Å². The predicted molar refractivity (Wildman–Crippen MR) is 517 cm³/mol. The first-order valence-corrected chi connectivity index (χ1v) is 42.1. The molecule has 6 heterocycles. The second-order valence-corrected chi connectivity index (χ2v) is 31.9. The van der Waals surface area contributed by atoms with Crippen molar-refractivity contribution in [2.45, 2.75) is 0 Å². The summed E-state index contributed by atoms with van der Waals surface area (Å²) in [6.07, 6.45) is 0. The Morgan fingerprint density at radius 2 is 0.464 bits per heavy atom. The van der Waals surface area contributed by atoms with Crippen LogP contribution in [0.1, 0.15) is 0 Å². The molecule has 20 aromatic carbocycles. The van der Waals surface area contributed by atoms with E-state index in [2.05, 4.69) is 346 Å². The molecule has 0 aliphatic carbocycles. The van der Waals surface area contributed by atoms with Crippen LogP contribution >= 0.6 is 0 Å². The van der Waals surface area contributed by atoms with Crippen LogP contribution < -0.4 is 0 Å². The Hall–Kier alpha value is -16.9. The maximum absolute atomic E-state index is 6.18. The van der Waals surface area contributed by atoms with Crippen molar-refractivity contribution in [3.05, 3.63) is 425 Å². The molecule has 0 aliphatic rings. The van der Waals surface area contributed by atoms with E-state index in [9.17, 15) is 0 Å². The number of hydrogen-bond donors (Lipinski definition) is 0. The van der Waals surface area contributed by atoms with Gasteiger partial charge >= 0.3 is 0 Å². The third-order valence-electron chi connectivity index (χ3n) is 24.3. The van der Waals surface area contributed by atoms with Crippen LogP contribution in [-0.2, 0) is 0 Å². The van der Waals surface area contributed by atoms with Gasteiger partial charge in [0.25, 0.3) is 0 Å². The van der Waals surface area contributed by atoms with E-state index < -0.39 is 0 Å². The largest absolute Gasteiger partial charge is 0.456 e. The van der Waals surface area contributed by atoms with Gasteiger partial charge in [-0.1, -0.05) is 315 Å². The summed E-state index contributed by atoms with van der Waals surface area (Å²) in [6, 6.07) is 148. The third-order valence-corrected chi connectivity index (χ3v) is 24.3. The lowest BCUT2D eigenvalue weighted by atomic mass is 9.97. The van der Waals surface area contributed by atoms with Gasteiger partial charge in [0.15, 0.2) is 17.5 Å². The van der Waals surface area contributed by atoms with E-state index in [1.54, 1.807) is 0 Å². The van der Waals surface area contributed by atoms with Crippen molar-refractivity contribution in [2.24, 2.45) is 0 Å². The molecule has 0 fully saturated rings. The number of aromatic nitrogens is 6. The Morgan fingerprint density at radius 3 is 0.936 bits per heavy atom. The van der Waals surface area contributed by atoms with Crippen LogP contribution in [0.2, 0.25) is 0 Å². The zero-order chi connectivity index (χ0) is 82.4. The number of fused-ring (bicyclic) bond motifs is 18. The molecule has 0 N–H and O–H groups in total. The summed E-state index contributed by atoms with van der Waals surface area (Å²) < 4.78 is 18.5. The zero-order valence-electron chi connectivity index (χ0n) is 67.3. The summed E-state index contributed by atoms with van der Waals surface area (Å²) in [4.78, 5) is 30.5. The normalized spacial score (nSPS) is 11.7. The number of furan rings is 3. The molecule has 26 aromatic rings. The molecule has 9 heteroatoms. The summed E-state index contributed by atoms with van der Waals surface area (Å²) in [7, 11) is 0. The fraction of sp³-hybridized carbons (Fsp3) is 0. The molecule has 9 nitrogen and oxygen atoms in total. The molecule has 582 valence electrons. The van der Waals surface area contributed by atoms with Crippen molar-refractivity contribution >= 4 is 152 Å². The monoisotopic (exact) mass is 1590 g/mol. The van der Waals surface area contributed by atoms with Gasteiger partial charge in [0.05, 0.1) is 33.6 Å². The number of rotatable bonds is 9. The third kappa shape index (κ3) is 13.1. The van der Waals surface area contributed by atoms with Crippen LogP contribution in [0.25, 0.3) is 254 Å². The first-order valence-electron chi connectivity index (χ1n) is 42.1. The first-order chi connectivity index (χ1) is 61.9. The first kappa shape index (κ1) is 72.2. The highest BCUT2D eigenvalue weighted by Gasteiger charge is 2.21. The molecule has 0 spiro atoms. The fourth-order valence-electron chi connectivity index (χ4n) is 18.2. The molecule has 0 saturated heterocycles. The van der Waals surface area contributed by atoms with Gasteiger partial charge in [-0.2, -0.15) is 0 Å². The predicted octanol–water partition coefficient (Wildman–Crippen LogP) is 31.4. The van der Waals surface area contributed by atoms with Crippen LogP contribution in [0.3, 0.4) is 0 Å². The summed E-state index contributed by atoms with van der Waals surface area (Å²) in [6.45, 7) is 0. The van der Waals surface area contributed by atoms with Crippen molar-refractivity contribution in [1.29, 1.82) is 0 Å². The Bertz CT molecular complexity index is 8830. The van der Waals surface area contributed by atoms with E-state index in [0.717, 1.165) is 210 Å². The smallest absolute Gasteiger partial charge is 0.160 e. The molecule has 0 amide bonds. The maximum Gasteiger partial charge on any atom is 0.160 e. The van der Waals surface area contributed by atoms with E-state index in [4.69, 9.17) is 43.2 Å². The quantitative estimate of drug-likeness (QED) is 0.130. The van der Waals surface area contributed by atoms with Crippen molar-refractivity contribution in [3.63, 3.8) is 0 Å². The Morgan fingerprint density at radius 1 is 0.144 bits per heavy atom. The average Bonchev–Trinajstić information content (AvgIpc) is 1.57. The van der Waals surface area contributed by atoms with Crippen molar-refractivity contribution in [1.82, 2.24) is 29.9 Å². The summed E-state index contributed by atoms with van der Waals surface area (Å²) in [5.41, 5.74) is 24.1. The number of hydrogen-bond acceptors (Lipinski definition) is 9. The molecular formula is C116H70N6O3. The van der Waals surface area contributed by atoms with Gasteiger partial charge in [-0.25, -0.2) is 29.9 Å². The molecule has 0 atom stereocenters. The Kier molecular flexibility index (Phi) is 17.4. The van der Waals surface area contributed by atoms with Gasteiger partial charge in [0.2, 0.25) is 0 Å². The highest BCUT2D eigenvalue weighted by Crippen LogP contribution is 2.43. The lowest BCUT2D eigenvalue weighted by Gasteiger charge is -2.12. The van der Waals surface area contributed by atoms with E-state index in [-0.39, 0.29) is 0 Å². The molecular weight excluding hydrogens is 1530 g/mol. The fourth-order valence-corrected chi connectivity index (χ4v) is 18.2. The lowest BCUT2D eigenvalue weighted by molar-refractivity contribution is 0.669. The van der Waals surface area contributed by atoms with Gasteiger partial charge < -0.3 is 13.3 Å². The molecule has 0 saturated carbocycles.